The first-order valence-corrected chi connectivity index (χ1v) is 7.23. The first-order valence-electron chi connectivity index (χ1n) is 7.23. The van der Waals surface area contributed by atoms with Gasteiger partial charge in [-0.2, -0.15) is 0 Å². The van der Waals surface area contributed by atoms with Crippen molar-refractivity contribution in [3.8, 4) is 0 Å². The van der Waals surface area contributed by atoms with Crippen molar-refractivity contribution >= 4 is 5.97 Å². The summed E-state index contributed by atoms with van der Waals surface area (Å²) in [6.07, 6.45) is 4.28. The van der Waals surface area contributed by atoms with E-state index in [4.69, 9.17) is 9.47 Å². The summed E-state index contributed by atoms with van der Waals surface area (Å²) in [6, 6.07) is 0. The molecule has 0 saturated carbocycles. The van der Waals surface area contributed by atoms with Gasteiger partial charge >= 0.3 is 5.97 Å². The second-order valence-corrected chi connectivity index (χ2v) is 6.11. The zero-order chi connectivity index (χ0) is 14.9. The molecular weight excluding hydrogens is 240 g/mol. The fourth-order valence-electron chi connectivity index (χ4n) is 1.64. The topological polar surface area (TPSA) is 35.5 Å². The molecule has 0 rings (SSSR count). The van der Waals surface area contributed by atoms with Gasteiger partial charge in [0.2, 0.25) is 0 Å². The number of carbonyl (C=O) groups is 1. The smallest absolute Gasteiger partial charge is 0.333 e. The molecule has 0 amide bonds. The van der Waals surface area contributed by atoms with Crippen LogP contribution in [-0.4, -0.2) is 24.8 Å². The van der Waals surface area contributed by atoms with Crippen LogP contribution in [0.1, 0.15) is 60.3 Å². The Kier molecular flexibility index (Phi) is 8.73. The molecule has 0 aromatic rings. The lowest BCUT2D eigenvalue weighted by Gasteiger charge is -2.20. The van der Waals surface area contributed by atoms with E-state index in [0.717, 1.165) is 32.3 Å². The molecule has 0 aliphatic rings. The van der Waals surface area contributed by atoms with Gasteiger partial charge in [0.1, 0.15) is 0 Å². The minimum absolute atomic E-state index is 0.0544. The second kappa shape index (κ2) is 9.13. The van der Waals surface area contributed by atoms with E-state index < -0.39 is 0 Å². The number of hydrogen-bond donors (Lipinski definition) is 0. The van der Waals surface area contributed by atoms with Gasteiger partial charge in [0, 0.05) is 12.2 Å². The number of hydrogen-bond acceptors (Lipinski definition) is 3. The number of esters is 1. The summed E-state index contributed by atoms with van der Waals surface area (Å²) >= 11 is 0. The van der Waals surface area contributed by atoms with E-state index in [1.165, 1.54) is 0 Å². The van der Waals surface area contributed by atoms with E-state index in [1.54, 1.807) is 6.92 Å². The third-order valence-electron chi connectivity index (χ3n) is 2.92. The van der Waals surface area contributed by atoms with Crippen molar-refractivity contribution in [2.24, 2.45) is 5.92 Å². The van der Waals surface area contributed by atoms with Crippen LogP contribution in [0.4, 0.5) is 0 Å². The quantitative estimate of drug-likeness (QED) is 0.359. The molecule has 0 bridgehead atoms. The van der Waals surface area contributed by atoms with Crippen LogP contribution < -0.4 is 0 Å². The standard InChI is InChI=1S/C16H30O3/c1-7-14(12-18-15(17)13(2)3)10-8-9-11-19-16(4,5)6/h14H,2,7-12H2,1,3-6H3. The highest BCUT2D eigenvalue weighted by molar-refractivity contribution is 5.86. The van der Waals surface area contributed by atoms with E-state index in [-0.39, 0.29) is 11.6 Å². The van der Waals surface area contributed by atoms with Crippen molar-refractivity contribution in [2.45, 2.75) is 65.9 Å². The Labute approximate surface area is 118 Å². The summed E-state index contributed by atoms with van der Waals surface area (Å²) in [5.41, 5.74) is 0.412. The van der Waals surface area contributed by atoms with Crippen LogP contribution in [0, 0.1) is 5.92 Å². The molecule has 0 aliphatic carbocycles. The first kappa shape index (κ1) is 18.2. The molecule has 0 saturated heterocycles. The molecular formula is C16H30O3. The van der Waals surface area contributed by atoms with Crippen molar-refractivity contribution in [1.29, 1.82) is 0 Å². The molecule has 0 spiro atoms. The van der Waals surface area contributed by atoms with Gasteiger partial charge in [0.25, 0.3) is 0 Å². The Balaban J connectivity index is 3.71. The lowest BCUT2D eigenvalue weighted by atomic mass is 10.0. The average molecular weight is 270 g/mol. The Morgan fingerprint density at radius 2 is 1.89 bits per heavy atom. The van der Waals surface area contributed by atoms with Gasteiger partial charge in [0.05, 0.1) is 12.2 Å². The van der Waals surface area contributed by atoms with E-state index in [1.807, 2.05) is 0 Å². The zero-order valence-corrected chi connectivity index (χ0v) is 13.3. The van der Waals surface area contributed by atoms with Gasteiger partial charge in [-0.15, -0.1) is 0 Å². The zero-order valence-electron chi connectivity index (χ0n) is 13.3. The summed E-state index contributed by atoms with van der Waals surface area (Å²) in [5.74, 6) is 0.160. The maximum absolute atomic E-state index is 11.3. The monoisotopic (exact) mass is 270 g/mol. The minimum Gasteiger partial charge on any atom is -0.462 e. The number of unbranched alkanes of at least 4 members (excludes halogenated alkanes) is 1. The van der Waals surface area contributed by atoms with Crippen molar-refractivity contribution in [3.05, 3.63) is 12.2 Å². The van der Waals surface area contributed by atoms with Crippen molar-refractivity contribution in [1.82, 2.24) is 0 Å². The maximum atomic E-state index is 11.3. The molecule has 0 heterocycles. The van der Waals surface area contributed by atoms with Crippen LogP contribution in [0.15, 0.2) is 12.2 Å². The van der Waals surface area contributed by atoms with E-state index in [2.05, 4.69) is 34.3 Å². The predicted molar refractivity (Wildman–Crippen MR) is 79.1 cm³/mol. The Morgan fingerprint density at radius 3 is 2.37 bits per heavy atom. The fraction of sp³-hybridized carbons (Fsp3) is 0.812. The molecule has 1 unspecified atom stereocenters. The third-order valence-corrected chi connectivity index (χ3v) is 2.92. The molecule has 0 N–H and O–H groups in total. The van der Waals surface area contributed by atoms with Crippen LogP contribution >= 0.6 is 0 Å². The SMILES string of the molecule is C=C(C)C(=O)OCC(CC)CCCCOC(C)(C)C. The van der Waals surface area contributed by atoms with Gasteiger partial charge in [0.15, 0.2) is 0 Å². The average Bonchev–Trinajstić information content (AvgIpc) is 2.30. The van der Waals surface area contributed by atoms with Crippen LogP contribution in [0.2, 0.25) is 0 Å². The van der Waals surface area contributed by atoms with Crippen LogP contribution in [0.25, 0.3) is 0 Å². The first-order chi connectivity index (χ1) is 8.76. The summed E-state index contributed by atoms with van der Waals surface area (Å²) in [5, 5.41) is 0. The molecule has 1 atom stereocenters. The van der Waals surface area contributed by atoms with Crippen LogP contribution in [0.5, 0.6) is 0 Å². The Bertz CT molecular complexity index is 276. The normalized spacial score (nSPS) is 13.1. The highest BCUT2D eigenvalue weighted by atomic mass is 16.5. The van der Waals surface area contributed by atoms with Crippen molar-refractivity contribution in [2.75, 3.05) is 13.2 Å². The molecule has 0 aliphatic heterocycles. The van der Waals surface area contributed by atoms with Gasteiger partial charge < -0.3 is 9.47 Å². The van der Waals surface area contributed by atoms with Crippen LogP contribution in [0.3, 0.4) is 0 Å². The maximum Gasteiger partial charge on any atom is 0.333 e. The summed E-state index contributed by atoms with van der Waals surface area (Å²) < 4.78 is 10.9. The van der Waals surface area contributed by atoms with Crippen molar-refractivity contribution in [3.63, 3.8) is 0 Å². The lowest BCUT2D eigenvalue weighted by molar-refractivity contribution is -0.140. The lowest BCUT2D eigenvalue weighted by Crippen LogP contribution is -2.20. The molecule has 0 aromatic carbocycles. The number of carbonyl (C=O) groups excluding carboxylic acids is 1. The van der Waals surface area contributed by atoms with E-state index in [9.17, 15) is 4.79 Å². The number of rotatable bonds is 9. The highest BCUT2D eigenvalue weighted by Gasteiger charge is 2.12. The molecule has 0 radical (unpaired) electrons. The molecule has 3 nitrogen and oxygen atoms in total. The minimum atomic E-state index is -0.283. The van der Waals surface area contributed by atoms with Crippen molar-refractivity contribution < 1.29 is 14.3 Å². The van der Waals surface area contributed by atoms with Gasteiger partial charge in [-0.1, -0.05) is 26.3 Å². The Morgan fingerprint density at radius 1 is 1.26 bits per heavy atom. The predicted octanol–water partition coefficient (Wildman–Crippen LogP) is 4.12. The summed E-state index contributed by atoms with van der Waals surface area (Å²) in [7, 11) is 0. The van der Waals surface area contributed by atoms with E-state index >= 15 is 0 Å². The van der Waals surface area contributed by atoms with Gasteiger partial charge in [-0.05, 0) is 46.5 Å². The molecule has 0 aromatic heterocycles. The largest absolute Gasteiger partial charge is 0.462 e. The number of ether oxygens (including phenoxy) is 2. The van der Waals surface area contributed by atoms with Gasteiger partial charge in [-0.3, -0.25) is 0 Å². The molecule has 19 heavy (non-hydrogen) atoms. The molecule has 112 valence electrons. The second-order valence-electron chi connectivity index (χ2n) is 6.11. The summed E-state index contributed by atoms with van der Waals surface area (Å²) in [4.78, 5) is 11.3. The fourth-order valence-corrected chi connectivity index (χ4v) is 1.64. The Hall–Kier alpha value is -0.830. The molecule has 3 heteroatoms. The van der Waals surface area contributed by atoms with E-state index in [0.29, 0.717) is 18.1 Å². The van der Waals surface area contributed by atoms with Gasteiger partial charge in [-0.25, -0.2) is 4.79 Å². The third kappa shape index (κ3) is 10.8. The molecule has 0 fully saturated rings. The van der Waals surface area contributed by atoms with Crippen LogP contribution in [-0.2, 0) is 14.3 Å². The summed E-state index contributed by atoms with van der Waals surface area (Å²) in [6.45, 7) is 14.9. The highest BCUT2D eigenvalue weighted by Crippen LogP contribution is 2.15.